The van der Waals surface area contributed by atoms with Gasteiger partial charge in [-0.05, 0) is 157 Å². The first-order chi connectivity index (χ1) is 58.7. The van der Waals surface area contributed by atoms with E-state index in [9.17, 15) is 56.2 Å². The van der Waals surface area contributed by atoms with Crippen LogP contribution in [-0.4, -0.2) is 185 Å². The van der Waals surface area contributed by atoms with E-state index in [1.54, 1.807) is 62.9 Å². The number of ether oxygens (including phenoxy) is 5. The van der Waals surface area contributed by atoms with Gasteiger partial charge in [0.1, 0.15) is 59.0 Å². The van der Waals surface area contributed by atoms with E-state index < -0.39 is 80.7 Å². The number of halogens is 2. The van der Waals surface area contributed by atoms with Gasteiger partial charge in [-0.1, -0.05) is 86.3 Å². The van der Waals surface area contributed by atoms with E-state index in [-0.39, 0.29) is 88.0 Å². The van der Waals surface area contributed by atoms with Gasteiger partial charge in [0.15, 0.2) is 0 Å². The molecule has 0 radical (unpaired) electrons. The number of esters is 1. The number of methoxy groups -OCH3 is 1. The number of nitro groups is 2. The average Bonchev–Trinajstić information content (AvgIpc) is 1.53. The van der Waals surface area contributed by atoms with Crippen LogP contribution in [0.2, 0.25) is 10.0 Å². The van der Waals surface area contributed by atoms with Crippen molar-refractivity contribution in [3.63, 3.8) is 0 Å². The molecule has 3 amide bonds. The van der Waals surface area contributed by atoms with Crippen molar-refractivity contribution in [2.45, 2.75) is 88.9 Å². The number of anilines is 2. The van der Waals surface area contributed by atoms with E-state index in [1.165, 1.54) is 70.0 Å². The van der Waals surface area contributed by atoms with Gasteiger partial charge in [-0.3, -0.25) is 49.2 Å². The molecule has 10 aromatic rings. The van der Waals surface area contributed by atoms with Crippen molar-refractivity contribution in [3.8, 4) is 34.5 Å². The van der Waals surface area contributed by atoms with Crippen LogP contribution in [0.25, 0.3) is 33.2 Å². The highest BCUT2D eigenvalue weighted by atomic mass is 35.5. The molecular formula is C89H93Cl2N13O17S2. The van der Waals surface area contributed by atoms with Gasteiger partial charge in [-0.25, -0.2) is 36.2 Å². The number of hydrogen-bond donors (Lipinski definition) is 4. The lowest BCUT2D eigenvalue weighted by Gasteiger charge is -2.39. The Morgan fingerprint density at radius 1 is 0.561 bits per heavy atom. The Bertz CT molecular complexity index is 6120. The van der Waals surface area contributed by atoms with Crippen LogP contribution < -0.4 is 38.2 Å². The van der Waals surface area contributed by atoms with Gasteiger partial charge >= 0.3 is 5.97 Å². The van der Waals surface area contributed by atoms with Gasteiger partial charge in [0.2, 0.25) is 5.91 Å². The predicted octanol–water partition coefficient (Wildman–Crippen LogP) is 15.0. The van der Waals surface area contributed by atoms with Gasteiger partial charge in [0.05, 0.1) is 73.2 Å². The third kappa shape index (κ3) is 19.6. The first kappa shape index (κ1) is 86.0. The van der Waals surface area contributed by atoms with E-state index in [2.05, 4.69) is 101 Å². The lowest BCUT2D eigenvalue weighted by molar-refractivity contribution is -0.386. The number of amides is 3. The predicted molar refractivity (Wildman–Crippen MR) is 466 cm³/mol. The highest BCUT2D eigenvalue weighted by Gasteiger charge is 2.39. The molecule has 4 aliphatic heterocycles. The Hall–Kier alpha value is -11.9. The number of rotatable bonds is 22. The normalized spacial score (nSPS) is 17.9. The zero-order valence-corrected chi connectivity index (χ0v) is 72.0. The molecule has 2 atom stereocenters. The first-order valence-electron chi connectivity index (χ1n) is 40.4. The minimum Gasteiger partial charge on any atom is -0.492 e. The molecule has 4 aromatic heterocycles. The van der Waals surface area contributed by atoms with Crippen molar-refractivity contribution in [2.24, 2.45) is 22.7 Å². The number of nitrogens with one attached hydrogen (secondary N) is 4. The number of nitro benzene ring substituents is 2. The number of aromatic nitrogens is 4. The molecule has 2 saturated heterocycles. The topological polar surface area (TPSA) is 367 Å². The number of pyridine rings is 2. The fraction of sp³-hybridized carbons (Fsp3) is 0.348. The van der Waals surface area contributed by atoms with E-state index in [1.807, 2.05) is 36.4 Å². The Balaban J connectivity index is 0.000000191. The Morgan fingerprint density at radius 3 is 1.37 bits per heavy atom. The SMILES string of the molecule is CN(C)C(=O)[C@H]1COc2cc(S(=O)(=O)NC(=O)c3ccc(N4CCN(CC5=C(c6ccc(Cl)cc6)CC(C)(C)CC5)CC4)cc3Oc3cnc4[nH]ccc4c3)cc([N+](=O)[O-])c2C1.COC(=O)[C@H]1COc2cc(S(=O)(=O)NC(=O)c3ccc(N4CCN(CC5=C(c6ccc(Cl)cc6)CC(C)(C)CC5)CC4)cc3Oc3cnc4[nH]ccc4c3)cc([N+](=O)[O-])c2C1. The Labute approximate surface area is 720 Å². The smallest absolute Gasteiger partial charge is 0.312 e. The van der Waals surface area contributed by atoms with Crippen molar-refractivity contribution >= 4 is 123 Å². The molecule has 16 rings (SSSR count). The van der Waals surface area contributed by atoms with Crippen LogP contribution in [-0.2, 0) is 47.2 Å². The van der Waals surface area contributed by atoms with Crippen LogP contribution in [0.1, 0.15) is 109 Å². The second-order valence-corrected chi connectivity index (χ2v) is 37.8. The van der Waals surface area contributed by atoms with Crippen LogP contribution >= 0.6 is 23.2 Å². The maximum absolute atomic E-state index is 14.0. The van der Waals surface area contributed by atoms with Crippen LogP contribution in [0.4, 0.5) is 22.7 Å². The zero-order chi connectivity index (χ0) is 87.0. The summed E-state index contributed by atoms with van der Waals surface area (Å²) in [5.74, 6) is -3.71. The second kappa shape index (κ2) is 35.5. The number of hydrogen-bond acceptors (Lipinski definition) is 23. The molecule has 0 bridgehead atoms. The molecule has 4 N–H and O–H groups in total. The van der Waals surface area contributed by atoms with Crippen molar-refractivity contribution < 1.29 is 69.5 Å². The lowest BCUT2D eigenvalue weighted by atomic mass is 9.72. The van der Waals surface area contributed by atoms with Crippen molar-refractivity contribution in [1.82, 2.24) is 44.1 Å². The van der Waals surface area contributed by atoms with Crippen LogP contribution in [0, 0.1) is 42.9 Å². The van der Waals surface area contributed by atoms with Gasteiger partial charge in [-0.2, -0.15) is 0 Å². The second-order valence-electron chi connectivity index (χ2n) is 33.5. The third-order valence-electron chi connectivity index (χ3n) is 23.6. The summed E-state index contributed by atoms with van der Waals surface area (Å²) >= 11 is 12.5. The Morgan fingerprint density at radius 2 is 0.967 bits per heavy atom. The summed E-state index contributed by atoms with van der Waals surface area (Å²) in [5.41, 5.74) is 10.3. The summed E-state index contributed by atoms with van der Waals surface area (Å²) in [6, 6.07) is 37.3. The van der Waals surface area contributed by atoms with Crippen molar-refractivity contribution in [1.29, 1.82) is 0 Å². The van der Waals surface area contributed by atoms with Crippen LogP contribution in [0.15, 0.2) is 179 Å². The number of H-pyrrole nitrogens is 2. The summed E-state index contributed by atoms with van der Waals surface area (Å²) in [5, 5.41) is 27.3. The molecule has 123 heavy (non-hydrogen) atoms. The van der Waals surface area contributed by atoms with Crippen molar-refractivity contribution in [2.75, 3.05) is 110 Å². The highest BCUT2D eigenvalue weighted by molar-refractivity contribution is 7.90. The molecule has 0 saturated carbocycles. The number of fused-ring (bicyclic) bond motifs is 4. The number of benzene rings is 6. The minimum absolute atomic E-state index is 0.0112. The molecule has 2 fully saturated rings. The van der Waals surface area contributed by atoms with E-state index in [0.29, 0.717) is 49.0 Å². The average molecular weight is 1750 g/mol. The van der Waals surface area contributed by atoms with Crippen LogP contribution in [0.5, 0.6) is 34.5 Å². The summed E-state index contributed by atoms with van der Waals surface area (Å²) in [6.07, 6.45) is 12.7. The molecule has 6 aliphatic rings. The number of allylic oxidation sites excluding steroid dienone is 2. The molecule has 0 spiro atoms. The lowest BCUT2D eigenvalue weighted by Crippen LogP contribution is -2.47. The highest BCUT2D eigenvalue weighted by Crippen LogP contribution is 2.47. The zero-order valence-electron chi connectivity index (χ0n) is 68.8. The molecular weight excluding hydrogens is 1660 g/mol. The molecule has 642 valence electrons. The monoisotopic (exact) mass is 1750 g/mol. The standard InChI is InChI=1S/C45H48ClN7O8S.C44H45ClN6O9S/c1-45(2)13-11-30(38(24-45)28-5-7-32(46)8-6-28)26-51-15-17-52(18-16-51)33-9-10-36(41(21-33)61-34-19-29-12-14-47-42(29)48-25-34)43(54)49-62(58,59)35-22-39(53(56)57)37-20-31(44(55)50(3)4)27-60-40(37)23-35;1-44(2)12-10-29(37(23-44)27-4-6-31(45)7-5-27)25-49-14-16-50(17-15-49)32-8-9-35(40(20-32)60-33-18-28-11-13-46-41(28)47-24-33)42(52)48-61(56,57)34-21-38(51(54)55)36-19-30(43(53)58-3)26-59-39(36)22-34/h5-10,12,14,19,21-23,25,31H,11,13,15-18,20,24,26-27H2,1-4H3,(H,47,48)(H,49,54);4-9,11,13,18,20-22,24,30H,10,12,14-17,19,23,25-26H2,1-3H3,(H,46,47)(H,48,52)/t31-;30-/m11/s1. The van der Waals surface area contributed by atoms with Crippen LogP contribution in [0.3, 0.4) is 0 Å². The number of piperazine rings is 2. The Kier molecular flexibility index (Phi) is 24.8. The summed E-state index contributed by atoms with van der Waals surface area (Å²) < 4.78 is 88.0. The number of aromatic amines is 2. The maximum Gasteiger partial charge on any atom is 0.312 e. The van der Waals surface area contributed by atoms with E-state index in [4.69, 9.17) is 46.9 Å². The van der Waals surface area contributed by atoms with E-state index >= 15 is 0 Å². The van der Waals surface area contributed by atoms with Gasteiger partial charge in [-0.15, -0.1) is 0 Å². The van der Waals surface area contributed by atoms with E-state index in [0.717, 1.165) is 134 Å². The molecule has 8 heterocycles. The maximum atomic E-state index is 14.0. The fourth-order valence-electron chi connectivity index (χ4n) is 16.8. The third-order valence-corrected chi connectivity index (χ3v) is 26.7. The first-order valence-corrected chi connectivity index (χ1v) is 44.1. The number of carbonyl (C=O) groups is 4. The number of nitrogens with zero attached hydrogens (tertiary/aromatic N) is 9. The summed E-state index contributed by atoms with van der Waals surface area (Å²) in [7, 11) is -5.04. The quantitative estimate of drug-likeness (QED) is 0.0278. The van der Waals surface area contributed by atoms with Gasteiger partial charge in [0.25, 0.3) is 43.2 Å². The van der Waals surface area contributed by atoms with Gasteiger partial charge < -0.3 is 48.4 Å². The fourth-order valence-corrected chi connectivity index (χ4v) is 19.0. The number of sulfonamides is 2. The largest absolute Gasteiger partial charge is 0.492 e. The van der Waals surface area contributed by atoms with Crippen molar-refractivity contribution in [3.05, 3.63) is 233 Å². The summed E-state index contributed by atoms with van der Waals surface area (Å²) in [4.78, 5) is 100. The molecule has 6 aromatic carbocycles. The minimum atomic E-state index is -4.70. The molecule has 30 nitrogen and oxygen atoms in total. The number of carbonyl (C=O) groups excluding carboxylic acids is 4. The molecule has 2 aliphatic carbocycles. The van der Waals surface area contributed by atoms with Gasteiger partial charge in [0, 0.05) is 161 Å². The molecule has 34 heteroatoms. The summed E-state index contributed by atoms with van der Waals surface area (Å²) in [6.45, 7) is 16.8. The molecule has 0 unspecified atom stereocenters.